The molecule has 10 N–H and O–H groups in total. The fraction of sp³-hybridized carbons (Fsp3) is 0.600. The number of esters is 3. The molecule has 16 nitrogen and oxygen atoms in total. The highest BCUT2D eigenvalue weighted by Gasteiger charge is 2.44. The highest BCUT2D eigenvalue weighted by molar-refractivity contribution is 5.90. The molecule has 0 aromatic carbocycles. The van der Waals surface area contributed by atoms with Crippen molar-refractivity contribution in [2.24, 2.45) is 17.2 Å². The van der Waals surface area contributed by atoms with Crippen LogP contribution in [0.2, 0.25) is 0 Å². The monoisotopic (exact) mass is 453 g/mol. The number of nitrogens with two attached hydrogens (primary N) is 3. The first-order valence-electron chi connectivity index (χ1n) is 8.35. The van der Waals surface area contributed by atoms with Crippen molar-refractivity contribution in [2.75, 3.05) is 19.8 Å². The van der Waals surface area contributed by atoms with E-state index in [0.29, 0.717) is 0 Å². The van der Waals surface area contributed by atoms with Crippen molar-refractivity contribution < 1.29 is 63.4 Å². The lowest BCUT2D eigenvalue weighted by Crippen LogP contribution is -2.47. The standard InChI is InChI=1S/C15H23N3O13/c16-6(11(21)22)3-29-9(19)1-15(28,14(27)31-5-8(18)13(25)26)2-10(20)30-4-7(17)12(23)24/h6-8,28H,1-5,16-18H2,(H,21,22)(H,23,24)(H,25,26). The van der Waals surface area contributed by atoms with Crippen LogP contribution >= 0.6 is 0 Å². The van der Waals surface area contributed by atoms with Crippen molar-refractivity contribution in [3.05, 3.63) is 0 Å². The Kier molecular flexibility index (Phi) is 11.0. The fourth-order valence-electron chi connectivity index (χ4n) is 1.67. The molecule has 0 aromatic heterocycles. The van der Waals surface area contributed by atoms with Crippen molar-refractivity contribution in [2.45, 2.75) is 36.6 Å². The summed E-state index contributed by atoms with van der Waals surface area (Å²) in [5.41, 5.74) is 12.5. The topological polar surface area (TPSA) is 289 Å². The van der Waals surface area contributed by atoms with Crippen LogP contribution in [-0.4, -0.2) is 99.8 Å². The SMILES string of the molecule is NC(COC(=O)CC(O)(CC(=O)OCC(N)C(=O)O)C(=O)OCC(N)C(=O)O)C(=O)O. The summed E-state index contributed by atoms with van der Waals surface area (Å²) < 4.78 is 13.5. The number of carboxylic acids is 3. The second-order valence-corrected chi connectivity index (χ2v) is 6.18. The van der Waals surface area contributed by atoms with Crippen LogP contribution in [0.5, 0.6) is 0 Å². The summed E-state index contributed by atoms with van der Waals surface area (Å²) in [5.74, 6) is -8.96. The van der Waals surface area contributed by atoms with Gasteiger partial charge in [0.15, 0.2) is 5.60 Å². The van der Waals surface area contributed by atoms with Gasteiger partial charge in [0.25, 0.3) is 0 Å². The molecule has 0 heterocycles. The summed E-state index contributed by atoms with van der Waals surface area (Å²) in [6.45, 7) is -2.60. The zero-order valence-electron chi connectivity index (χ0n) is 16.0. The van der Waals surface area contributed by atoms with Crippen LogP contribution in [0.4, 0.5) is 0 Å². The highest BCUT2D eigenvalue weighted by atomic mass is 16.6. The average Bonchev–Trinajstić information content (AvgIpc) is 2.67. The third-order valence-corrected chi connectivity index (χ3v) is 3.45. The second-order valence-electron chi connectivity index (χ2n) is 6.18. The maximum Gasteiger partial charge on any atom is 0.339 e. The van der Waals surface area contributed by atoms with E-state index in [-0.39, 0.29) is 0 Å². The van der Waals surface area contributed by atoms with Crippen molar-refractivity contribution in [3.8, 4) is 0 Å². The number of aliphatic hydroxyl groups is 1. The molecule has 0 aliphatic rings. The predicted molar refractivity (Wildman–Crippen MR) is 93.9 cm³/mol. The van der Waals surface area contributed by atoms with Gasteiger partial charge in [0.05, 0.1) is 12.8 Å². The van der Waals surface area contributed by atoms with Gasteiger partial charge < -0.3 is 51.8 Å². The van der Waals surface area contributed by atoms with Gasteiger partial charge in [-0.15, -0.1) is 0 Å². The molecule has 0 radical (unpaired) electrons. The first-order valence-corrected chi connectivity index (χ1v) is 8.35. The Bertz CT molecular complexity index is 672. The molecule has 16 heteroatoms. The summed E-state index contributed by atoms with van der Waals surface area (Å²) in [7, 11) is 0. The van der Waals surface area contributed by atoms with Gasteiger partial charge in [0.1, 0.15) is 37.9 Å². The van der Waals surface area contributed by atoms with E-state index in [1.54, 1.807) is 0 Å². The molecule has 0 amide bonds. The third kappa shape index (κ3) is 10.3. The summed E-state index contributed by atoms with van der Waals surface area (Å²) >= 11 is 0. The lowest BCUT2D eigenvalue weighted by Gasteiger charge is -2.25. The Labute approximate surface area is 173 Å². The van der Waals surface area contributed by atoms with Gasteiger partial charge in [-0.3, -0.25) is 24.0 Å². The molecule has 0 aromatic rings. The minimum Gasteiger partial charge on any atom is -0.480 e. The number of rotatable bonds is 14. The van der Waals surface area contributed by atoms with E-state index in [0.717, 1.165) is 0 Å². The molecule has 0 fully saturated rings. The Hall–Kier alpha value is -3.34. The van der Waals surface area contributed by atoms with E-state index in [4.69, 9.17) is 32.5 Å². The molecule has 0 bridgehead atoms. The first-order chi connectivity index (χ1) is 14.2. The van der Waals surface area contributed by atoms with Gasteiger partial charge in [-0.05, 0) is 0 Å². The van der Waals surface area contributed by atoms with Gasteiger partial charge >= 0.3 is 35.8 Å². The van der Waals surface area contributed by atoms with E-state index in [1.807, 2.05) is 0 Å². The number of aliphatic carboxylic acids is 3. The Balaban J connectivity index is 5.25. The van der Waals surface area contributed by atoms with E-state index >= 15 is 0 Å². The minimum atomic E-state index is -2.95. The molecule has 0 aliphatic heterocycles. The molecule has 3 atom stereocenters. The number of hydrogen-bond acceptors (Lipinski definition) is 13. The molecule has 0 saturated heterocycles. The van der Waals surface area contributed by atoms with Crippen molar-refractivity contribution in [1.29, 1.82) is 0 Å². The average molecular weight is 453 g/mol. The Morgan fingerprint density at radius 1 is 0.645 bits per heavy atom. The van der Waals surface area contributed by atoms with Gasteiger partial charge in [0, 0.05) is 0 Å². The van der Waals surface area contributed by atoms with E-state index in [1.165, 1.54) is 0 Å². The van der Waals surface area contributed by atoms with Gasteiger partial charge in [0.2, 0.25) is 0 Å². The Morgan fingerprint density at radius 2 is 0.935 bits per heavy atom. The molecule has 176 valence electrons. The van der Waals surface area contributed by atoms with Crippen LogP contribution in [0.1, 0.15) is 12.8 Å². The number of carbonyl (C=O) groups excluding carboxylic acids is 3. The van der Waals surface area contributed by atoms with E-state index in [2.05, 4.69) is 14.2 Å². The minimum absolute atomic E-state index is 0.832. The quantitative estimate of drug-likeness (QED) is 0.0960. The summed E-state index contributed by atoms with van der Waals surface area (Å²) in [6.07, 6.45) is -2.50. The van der Waals surface area contributed by atoms with E-state index < -0.39 is 92.2 Å². The van der Waals surface area contributed by atoms with Gasteiger partial charge in [-0.2, -0.15) is 0 Å². The van der Waals surface area contributed by atoms with Crippen LogP contribution in [0.15, 0.2) is 0 Å². The lowest BCUT2D eigenvalue weighted by molar-refractivity contribution is -0.179. The molecular formula is C15H23N3O13. The molecule has 0 saturated carbocycles. The maximum atomic E-state index is 12.2. The summed E-state index contributed by atoms with van der Waals surface area (Å²) in [4.78, 5) is 67.8. The summed E-state index contributed by atoms with van der Waals surface area (Å²) in [6, 6.07) is -4.91. The first kappa shape index (κ1) is 27.7. The van der Waals surface area contributed by atoms with Crippen molar-refractivity contribution in [1.82, 2.24) is 0 Å². The largest absolute Gasteiger partial charge is 0.480 e. The normalized spacial score (nSPS) is 15.5. The number of ether oxygens (including phenoxy) is 3. The summed E-state index contributed by atoms with van der Waals surface area (Å²) in [5, 5.41) is 36.4. The molecule has 3 unspecified atom stereocenters. The smallest absolute Gasteiger partial charge is 0.339 e. The Morgan fingerprint density at radius 3 is 1.23 bits per heavy atom. The van der Waals surface area contributed by atoms with Gasteiger partial charge in [-0.25, -0.2) is 4.79 Å². The lowest BCUT2D eigenvalue weighted by atomic mass is 9.95. The van der Waals surface area contributed by atoms with Crippen molar-refractivity contribution >= 4 is 35.8 Å². The van der Waals surface area contributed by atoms with Crippen LogP contribution in [0, 0.1) is 0 Å². The number of carboxylic acid groups (broad SMARTS) is 3. The second kappa shape index (κ2) is 12.4. The number of hydrogen-bond donors (Lipinski definition) is 7. The van der Waals surface area contributed by atoms with Crippen LogP contribution in [0.25, 0.3) is 0 Å². The maximum absolute atomic E-state index is 12.2. The van der Waals surface area contributed by atoms with Crippen LogP contribution in [-0.2, 0) is 43.0 Å². The van der Waals surface area contributed by atoms with Crippen LogP contribution in [0.3, 0.4) is 0 Å². The molecule has 0 rings (SSSR count). The predicted octanol–water partition coefficient (Wildman–Crippen LogP) is -4.64. The third-order valence-electron chi connectivity index (χ3n) is 3.45. The van der Waals surface area contributed by atoms with Gasteiger partial charge in [-0.1, -0.05) is 0 Å². The molecular weight excluding hydrogens is 430 g/mol. The highest BCUT2D eigenvalue weighted by Crippen LogP contribution is 2.20. The molecule has 0 spiro atoms. The van der Waals surface area contributed by atoms with E-state index in [9.17, 15) is 33.9 Å². The number of carbonyl (C=O) groups is 6. The fourth-order valence-corrected chi connectivity index (χ4v) is 1.67. The zero-order chi connectivity index (χ0) is 24.4. The van der Waals surface area contributed by atoms with Crippen LogP contribution < -0.4 is 17.2 Å². The molecule has 0 aliphatic carbocycles. The van der Waals surface area contributed by atoms with Crippen molar-refractivity contribution in [3.63, 3.8) is 0 Å². The molecule has 31 heavy (non-hydrogen) atoms. The zero-order valence-corrected chi connectivity index (χ0v) is 16.0.